The molecule has 1 aliphatic rings. The summed E-state index contributed by atoms with van der Waals surface area (Å²) in [4.78, 5) is 78.6. The molecule has 3 unspecified atom stereocenters. The van der Waals surface area contributed by atoms with Crippen LogP contribution in [0.25, 0.3) is 0 Å². The summed E-state index contributed by atoms with van der Waals surface area (Å²) in [6.07, 6.45) is 9.54. The van der Waals surface area contributed by atoms with Gasteiger partial charge in [-0.05, 0) is 96.0 Å². The van der Waals surface area contributed by atoms with E-state index in [1.54, 1.807) is 37.6 Å². The van der Waals surface area contributed by atoms with E-state index in [-0.39, 0.29) is 54.4 Å². The molecule has 6 atom stereocenters. The monoisotopic (exact) mass is 883 g/mol. The maximum absolute atomic E-state index is 14.9. The van der Waals surface area contributed by atoms with Gasteiger partial charge < -0.3 is 30.5 Å². The number of carbonyl (C=O) groups excluding carboxylic acids is 3. The van der Waals surface area contributed by atoms with Crippen molar-refractivity contribution in [2.45, 2.75) is 150 Å². The van der Waals surface area contributed by atoms with Crippen molar-refractivity contribution < 1.29 is 38.9 Å². The van der Waals surface area contributed by atoms with Crippen molar-refractivity contribution in [1.29, 1.82) is 0 Å². The van der Waals surface area contributed by atoms with Gasteiger partial charge in [0.15, 0.2) is 0 Å². The molecule has 1 aliphatic heterocycles. The molecule has 0 spiro atoms. The van der Waals surface area contributed by atoms with Crippen molar-refractivity contribution >= 4 is 52.9 Å². The number of carboxylic acids is 2. The molecule has 0 radical (unpaired) electrons. The number of amides is 3. The Bertz CT molecular complexity index is 1760. The summed E-state index contributed by atoms with van der Waals surface area (Å²) >= 11 is 1.32. The first kappa shape index (κ1) is 52.1. The second-order valence-electron chi connectivity index (χ2n) is 17.9. The smallest absolute Gasteiger partial charge is 0.322 e. The van der Waals surface area contributed by atoms with Crippen LogP contribution >= 0.6 is 11.3 Å². The normalized spacial score (nSPS) is 17.3. The number of ether oxygens (including phenoxy) is 1. The van der Waals surface area contributed by atoms with Crippen LogP contribution in [0, 0.1) is 23.2 Å². The Labute approximate surface area is 373 Å². The third-order valence-electron chi connectivity index (χ3n) is 12.1. The average Bonchev–Trinajstić information content (AvgIpc) is 3.73. The number of carbonyl (C=O) groups is 5. The van der Waals surface area contributed by atoms with Crippen molar-refractivity contribution in [1.82, 2.24) is 20.1 Å². The number of hydrogen-bond donors (Lipinski definition) is 4. The second kappa shape index (κ2) is 25.8. The van der Waals surface area contributed by atoms with E-state index in [1.807, 2.05) is 37.9 Å². The van der Waals surface area contributed by atoms with Gasteiger partial charge in [-0.3, -0.25) is 28.9 Å². The molecule has 3 rings (SSSR count). The lowest BCUT2D eigenvalue weighted by molar-refractivity contribution is -0.147. The molecule has 1 aromatic heterocycles. The molecule has 2 heterocycles. The lowest BCUT2D eigenvalue weighted by Crippen LogP contribution is -2.49. The maximum atomic E-state index is 14.9. The van der Waals surface area contributed by atoms with Gasteiger partial charge in [-0.15, -0.1) is 11.3 Å². The minimum absolute atomic E-state index is 0.0399. The molecular formula is C47H74N6O8S. The molecule has 3 amide bonds. The summed E-state index contributed by atoms with van der Waals surface area (Å²) in [5, 5.41) is 27.1. The third-order valence-corrected chi connectivity index (χ3v) is 13.0. The summed E-state index contributed by atoms with van der Waals surface area (Å²) < 4.78 is 6.35. The number of likely N-dealkylation sites (tertiary alicyclic amines) is 1. The number of hydrogen-bond acceptors (Lipinski definition) is 10. The van der Waals surface area contributed by atoms with Crippen LogP contribution in [0.3, 0.4) is 0 Å². The first-order valence-corrected chi connectivity index (χ1v) is 23.5. The SMILES string of the molecule is CCCCCCN(C(=O)C(C=NC(=O)C1CCCCN1C)[C@@H](C)CC)[C@H](CC(OCC)c1nc(C(=O)N[C@@H](Cc2ccc(NCC(=O)O)cc2)CC(C)(C)C(=O)O)cs1)C(C)C. The zero-order valence-electron chi connectivity index (χ0n) is 38.7. The zero-order valence-corrected chi connectivity index (χ0v) is 39.5. The summed E-state index contributed by atoms with van der Waals surface area (Å²) in [5.41, 5.74) is 0.521. The lowest BCUT2D eigenvalue weighted by atomic mass is 9.84. The topological polar surface area (TPSA) is 191 Å². The fraction of sp³-hybridized carbons (Fsp3) is 0.681. The first-order valence-electron chi connectivity index (χ1n) is 22.7. The molecule has 14 nitrogen and oxygen atoms in total. The molecule has 2 aromatic rings. The molecule has 1 aromatic carbocycles. The largest absolute Gasteiger partial charge is 0.481 e. The molecular weight excluding hydrogens is 809 g/mol. The number of rotatable bonds is 27. The summed E-state index contributed by atoms with van der Waals surface area (Å²) in [7, 11) is 1.96. The van der Waals surface area contributed by atoms with E-state index >= 15 is 0 Å². The fourth-order valence-corrected chi connectivity index (χ4v) is 8.85. The Kier molecular flexibility index (Phi) is 21.7. The number of aliphatic imine (C=N–C) groups is 1. The Balaban J connectivity index is 1.90. The number of unbranched alkanes of at least 4 members (excludes halogenated alkanes) is 3. The van der Waals surface area contributed by atoms with E-state index in [0.717, 1.165) is 63.5 Å². The molecule has 0 bridgehead atoms. The summed E-state index contributed by atoms with van der Waals surface area (Å²) in [6, 6.07) is 6.08. The molecule has 0 saturated carbocycles. The molecule has 4 N–H and O–H groups in total. The maximum Gasteiger partial charge on any atom is 0.322 e. The van der Waals surface area contributed by atoms with Gasteiger partial charge in [0.2, 0.25) is 5.91 Å². The van der Waals surface area contributed by atoms with Crippen LogP contribution in [0.5, 0.6) is 0 Å². The van der Waals surface area contributed by atoms with Crippen molar-refractivity contribution in [3.8, 4) is 0 Å². The highest BCUT2D eigenvalue weighted by molar-refractivity contribution is 7.09. The van der Waals surface area contributed by atoms with Gasteiger partial charge in [-0.1, -0.05) is 78.9 Å². The van der Waals surface area contributed by atoms with Crippen LogP contribution < -0.4 is 10.6 Å². The Morgan fingerprint density at radius 2 is 1.76 bits per heavy atom. The van der Waals surface area contributed by atoms with Crippen LogP contribution in [0.4, 0.5) is 5.69 Å². The van der Waals surface area contributed by atoms with E-state index in [4.69, 9.17) is 14.8 Å². The number of anilines is 1. The lowest BCUT2D eigenvalue weighted by Gasteiger charge is -2.39. The number of nitrogens with one attached hydrogen (secondary N) is 2. The standard InChI is InChI=1S/C47H74N6O8S/c1-10-13-14-16-24-53(45(58)36(32(6)11-2)28-49-43(57)38-18-15-17-23-52(38)9)39(31(4)5)26-40(61-12-3)44-51-37(30-62-44)42(56)50-35(27-47(7,8)46(59)60)25-33-19-21-34(22-20-33)48-29-41(54)55/h19-22,28,30-32,35-36,38-40,48H,10-18,23-27,29H2,1-9H3,(H,50,56)(H,54,55)(H,59,60)/t32-,35-,36?,38?,39+,40?/m0/s1. The van der Waals surface area contributed by atoms with Crippen LogP contribution in [0.1, 0.15) is 147 Å². The van der Waals surface area contributed by atoms with Gasteiger partial charge >= 0.3 is 11.9 Å². The van der Waals surface area contributed by atoms with E-state index in [0.29, 0.717) is 36.7 Å². The van der Waals surface area contributed by atoms with Crippen LogP contribution in [-0.4, -0.2) is 112 Å². The molecule has 1 fully saturated rings. The van der Waals surface area contributed by atoms with E-state index in [9.17, 15) is 29.1 Å². The van der Waals surface area contributed by atoms with E-state index < -0.39 is 41.3 Å². The molecule has 1 saturated heterocycles. The van der Waals surface area contributed by atoms with Gasteiger partial charge in [-0.25, -0.2) is 9.98 Å². The number of nitrogens with zero attached hydrogens (tertiary/aromatic N) is 4. The molecule has 15 heteroatoms. The Hall–Kier alpha value is -4.21. The van der Waals surface area contributed by atoms with Crippen LogP contribution in [-0.2, 0) is 30.3 Å². The van der Waals surface area contributed by atoms with Gasteiger partial charge in [0.1, 0.15) is 23.4 Å². The van der Waals surface area contributed by atoms with Crippen LogP contribution in [0.15, 0.2) is 34.6 Å². The Morgan fingerprint density at radius 1 is 1.05 bits per heavy atom. The van der Waals surface area contributed by atoms with Crippen molar-refractivity contribution in [2.75, 3.05) is 38.6 Å². The molecule has 0 aliphatic carbocycles. The molecule has 62 heavy (non-hydrogen) atoms. The van der Waals surface area contributed by atoms with Gasteiger partial charge in [0.25, 0.3) is 11.8 Å². The zero-order chi connectivity index (χ0) is 46.0. The van der Waals surface area contributed by atoms with E-state index in [2.05, 4.69) is 48.2 Å². The number of piperidine rings is 1. The second-order valence-corrected chi connectivity index (χ2v) is 18.8. The first-order chi connectivity index (χ1) is 29.4. The number of benzene rings is 1. The van der Waals surface area contributed by atoms with Crippen LogP contribution in [0.2, 0.25) is 0 Å². The average molecular weight is 883 g/mol. The summed E-state index contributed by atoms with van der Waals surface area (Å²) in [5.74, 6) is -3.21. The fourth-order valence-electron chi connectivity index (χ4n) is 7.99. The number of thiazole rings is 1. The third kappa shape index (κ3) is 16.2. The number of carboxylic acid groups (broad SMARTS) is 2. The summed E-state index contributed by atoms with van der Waals surface area (Å²) in [6.45, 7) is 17.2. The van der Waals surface area contributed by atoms with Gasteiger partial charge in [0.05, 0.1) is 17.4 Å². The minimum atomic E-state index is -1.14. The number of likely N-dealkylation sites (N-methyl/N-ethyl adjacent to an activating group) is 1. The van der Waals surface area contributed by atoms with Crippen molar-refractivity contribution in [3.05, 3.63) is 45.9 Å². The quantitative estimate of drug-likeness (QED) is 0.0501. The number of aliphatic carboxylic acids is 2. The van der Waals surface area contributed by atoms with Crippen molar-refractivity contribution in [3.63, 3.8) is 0 Å². The highest BCUT2D eigenvalue weighted by Gasteiger charge is 2.37. The van der Waals surface area contributed by atoms with Crippen molar-refractivity contribution in [2.24, 2.45) is 28.2 Å². The highest BCUT2D eigenvalue weighted by Crippen LogP contribution is 2.33. The Morgan fingerprint density at radius 3 is 2.35 bits per heavy atom. The molecule has 346 valence electrons. The minimum Gasteiger partial charge on any atom is -0.481 e. The van der Waals surface area contributed by atoms with Gasteiger partial charge in [-0.2, -0.15) is 0 Å². The van der Waals surface area contributed by atoms with Gasteiger partial charge in [0, 0.05) is 48.9 Å². The van der Waals surface area contributed by atoms with E-state index in [1.165, 1.54) is 11.3 Å². The number of aromatic nitrogens is 1. The highest BCUT2D eigenvalue weighted by atomic mass is 32.1. The predicted molar refractivity (Wildman–Crippen MR) is 246 cm³/mol. The predicted octanol–water partition coefficient (Wildman–Crippen LogP) is 8.13.